The van der Waals surface area contributed by atoms with Crippen molar-refractivity contribution in [3.05, 3.63) is 47.0 Å². The van der Waals surface area contributed by atoms with Crippen molar-refractivity contribution in [2.75, 3.05) is 0 Å². The Bertz CT molecular complexity index is 445. The molecule has 1 N–H and O–H groups in total. The van der Waals surface area contributed by atoms with E-state index < -0.39 is 5.97 Å². The monoisotopic (exact) mass is 230 g/mol. The van der Waals surface area contributed by atoms with Crippen molar-refractivity contribution in [3.63, 3.8) is 0 Å². The van der Waals surface area contributed by atoms with E-state index in [0.717, 1.165) is 12.0 Å². The van der Waals surface area contributed by atoms with Crippen LogP contribution in [0.2, 0.25) is 0 Å². The summed E-state index contributed by atoms with van der Waals surface area (Å²) in [4.78, 5) is 11.4. The van der Waals surface area contributed by atoms with Gasteiger partial charge in [0.2, 0.25) is 0 Å². The second kappa shape index (κ2) is 4.74. The zero-order valence-electron chi connectivity index (χ0n) is 10.3. The number of benzene rings is 1. The van der Waals surface area contributed by atoms with Gasteiger partial charge in [0, 0.05) is 5.92 Å². The molecule has 1 aromatic rings. The molecule has 2 unspecified atom stereocenters. The van der Waals surface area contributed by atoms with Crippen molar-refractivity contribution < 1.29 is 9.90 Å². The third-order valence-electron chi connectivity index (χ3n) is 3.81. The van der Waals surface area contributed by atoms with Crippen LogP contribution in [0, 0.1) is 5.92 Å². The molecule has 1 aliphatic carbocycles. The normalized spacial score (nSPS) is 24.8. The first kappa shape index (κ1) is 11.9. The third-order valence-corrected chi connectivity index (χ3v) is 3.81. The highest BCUT2D eigenvalue weighted by molar-refractivity contribution is 5.72. The molecule has 0 fully saturated rings. The summed E-state index contributed by atoms with van der Waals surface area (Å²) in [5, 5.41) is 9.35. The second-order valence-electron chi connectivity index (χ2n) is 4.93. The van der Waals surface area contributed by atoms with Crippen LogP contribution >= 0.6 is 0 Å². The minimum absolute atomic E-state index is 0.123. The maximum Gasteiger partial charge on any atom is 0.307 e. The molecule has 0 radical (unpaired) electrons. The number of allylic oxidation sites excluding steroid dienone is 2. The van der Waals surface area contributed by atoms with Crippen molar-refractivity contribution in [3.8, 4) is 0 Å². The first-order chi connectivity index (χ1) is 8.09. The van der Waals surface area contributed by atoms with Crippen molar-refractivity contribution in [1.29, 1.82) is 0 Å². The average molecular weight is 230 g/mol. The smallest absolute Gasteiger partial charge is 0.307 e. The second-order valence-corrected chi connectivity index (χ2v) is 4.93. The molecule has 0 heterocycles. The molecule has 1 aromatic carbocycles. The van der Waals surface area contributed by atoms with Crippen molar-refractivity contribution in [2.24, 2.45) is 5.92 Å². The van der Waals surface area contributed by atoms with Crippen LogP contribution in [0.1, 0.15) is 38.2 Å². The molecule has 0 bridgehead atoms. The molecule has 17 heavy (non-hydrogen) atoms. The lowest BCUT2D eigenvalue weighted by Crippen LogP contribution is -2.26. The summed E-state index contributed by atoms with van der Waals surface area (Å²) in [5.41, 5.74) is 3.73. The third kappa shape index (κ3) is 2.41. The Kier molecular flexibility index (Phi) is 3.32. The molecule has 0 saturated heterocycles. The van der Waals surface area contributed by atoms with Gasteiger partial charge in [0.1, 0.15) is 0 Å². The molecule has 0 amide bonds. The van der Waals surface area contributed by atoms with Crippen LogP contribution in [-0.2, 0) is 4.79 Å². The number of hydrogen-bond acceptors (Lipinski definition) is 1. The van der Waals surface area contributed by atoms with Gasteiger partial charge in [-0.1, -0.05) is 41.5 Å². The van der Waals surface area contributed by atoms with Crippen LogP contribution < -0.4 is 0 Å². The number of carboxylic acids is 1. The molecular formula is C15H18O2. The number of carbonyl (C=O) groups is 1. The molecule has 0 aliphatic heterocycles. The fourth-order valence-electron chi connectivity index (χ4n) is 2.60. The number of rotatable bonds is 2. The first-order valence-electron chi connectivity index (χ1n) is 6.02. The van der Waals surface area contributed by atoms with Crippen LogP contribution in [0.3, 0.4) is 0 Å². The summed E-state index contributed by atoms with van der Waals surface area (Å²) in [6, 6.07) is 10.0. The lowest BCUT2D eigenvalue weighted by molar-refractivity contribution is -0.142. The van der Waals surface area contributed by atoms with Gasteiger partial charge in [-0.15, -0.1) is 0 Å². The Hall–Kier alpha value is -1.57. The Morgan fingerprint density at radius 3 is 2.29 bits per heavy atom. The molecule has 0 saturated carbocycles. The molecule has 2 atom stereocenters. The van der Waals surface area contributed by atoms with Crippen LogP contribution in [-0.4, -0.2) is 11.1 Å². The van der Waals surface area contributed by atoms with E-state index in [-0.39, 0.29) is 11.8 Å². The van der Waals surface area contributed by atoms with E-state index in [1.165, 1.54) is 11.1 Å². The fourth-order valence-corrected chi connectivity index (χ4v) is 2.60. The van der Waals surface area contributed by atoms with E-state index in [4.69, 9.17) is 0 Å². The van der Waals surface area contributed by atoms with Gasteiger partial charge in [0.25, 0.3) is 0 Å². The first-order valence-corrected chi connectivity index (χ1v) is 6.02. The lowest BCUT2D eigenvalue weighted by Gasteiger charge is -2.30. The Balaban J connectivity index is 2.35. The number of carboxylic acid groups (broad SMARTS) is 1. The van der Waals surface area contributed by atoms with Gasteiger partial charge >= 0.3 is 5.97 Å². The van der Waals surface area contributed by atoms with E-state index >= 15 is 0 Å². The largest absolute Gasteiger partial charge is 0.481 e. The van der Waals surface area contributed by atoms with Crippen LogP contribution in [0.4, 0.5) is 0 Å². The maximum atomic E-state index is 11.4. The molecule has 90 valence electrons. The zero-order chi connectivity index (χ0) is 12.4. The molecule has 0 aromatic heterocycles. The van der Waals surface area contributed by atoms with E-state index in [2.05, 4.69) is 6.92 Å². The minimum atomic E-state index is -0.675. The Labute approximate surface area is 102 Å². The van der Waals surface area contributed by atoms with Gasteiger partial charge in [-0.3, -0.25) is 4.79 Å². The number of aliphatic carboxylic acids is 1. The summed E-state index contributed by atoms with van der Waals surface area (Å²) in [6.45, 7) is 4.16. The summed E-state index contributed by atoms with van der Waals surface area (Å²) in [6.07, 6.45) is 1.55. The quantitative estimate of drug-likeness (QED) is 0.788. The van der Waals surface area contributed by atoms with Gasteiger partial charge < -0.3 is 5.11 Å². The van der Waals surface area contributed by atoms with E-state index in [1.807, 2.05) is 37.3 Å². The van der Waals surface area contributed by atoms with Gasteiger partial charge in [0.05, 0.1) is 5.92 Å². The highest BCUT2D eigenvalue weighted by atomic mass is 16.4. The summed E-state index contributed by atoms with van der Waals surface area (Å²) in [7, 11) is 0. The van der Waals surface area contributed by atoms with E-state index in [1.54, 1.807) is 0 Å². The van der Waals surface area contributed by atoms with Gasteiger partial charge in [-0.25, -0.2) is 0 Å². The molecule has 2 nitrogen and oxygen atoms in total. The number of hydrogen-bond donors (Lipinski definition) is 1. The molecule has 2 rings (SSSR count). The standard InChI is InChI=1S/C15H18O2/c1-10-8-13(12-6-4-3-5-7-12)14(15(16)17)9-11(10)2/h3-7,13-14H,8-9H2,1-2H3,(H,16,17). The minimum Gasteiger partial charge on any atom is -0.481 e. The Morgan fingerprint density at radius 1 is 1.12 bits per heavy atom. The molecule has 1 aliphatic rings. The predicted octanol–water partition coefficient (Wildman–Crippen LogP) is 3.60. The highest BCUT2D eigenvalue weighted by Crippen LogP contribution is 2.40. The molecule has 0 spiro atoms. The van der Waals surface area contributed by atoms with E-state index in [0.29, 0.717) is 6.42 Å². The van der Waals surface area contributed by atoms with Gasteiger partial charge in [-0.05, 0) is 32.3 Å². The lowest BCUT2D eigenvalue weighted by atomic mass is 9.73. The average Bonchev–Trinajstić information content (AvgIpc) is 2.33. The van der Waals surface area contributed by atoms with Gasteiger partial charge in [0.15, 0.2) is 0 Å². The van der Waals surface area contributed by atoms with Crippen molar-refractivity contribution in [2.45, 2.75) is 32.6 Å². The Morgan fingerprint density at radius 2 is 1.71 bits per heavy atom. The summed E-state index contributed by atoms with van der Waals surface area (Å²) >= 11 is 0. The summed E-state index contributed by atoms with van der Waals surface area (Å²) in [5.74, 6) is -0.829. The van der Waals surface area contributed by atoms with Crippen LogP contribution in [0.5, 0.6) is 0 Å². The maximum absolute atomic E-state index is 11.4. The van der Waals surface area contributed by atoms with Gasteiger partial charge in [-0.2, -0.15) is 0 Å². The van der Waals surface area contributed by atoms with Crippen LogP contribution in [0.25, 0.3) is 0 Å². The van der Waals surface area contributed by atoms with Crippen LogP contribution in [0.15, 0.2) is 41.5 Å². The zero-order valence-corrected chi connectivity index (χ0v) is 10.3. The summed E-state index contributed by atoms with van der Waals surface area (Å²) < 4.78 is 0. The van der Waals surface area contributed by atoms with E-state index in [9.17, 15) is 9.90 Å². The fraction of sp³-hybridized carbons (Fsp3) is 0.400. The van der Waals surface area contributed by atoms with Crippen molar-refractivity contribution in [1.82, 2.24) is 0 Å². The molecular weight excluding hydrogens is 212 g/mol. The highest BCUT2D eigenvalue weighted by Gasteiger charge is 2.33. The molecule has 2 heteroatoms. The topological polar surface area (TPSA) is 37.3 Å². The SMILES string of the molecule is CC1=C(C)CC(c2ccccc2)C(C(=O)O)C1. The predicted molar refractivity (Wildman–Crippen MR) is 67.9 cm³/mol. The van der Waals surface area contributed by atoms with Crippen molar-refractivity contribution >= 4 is 5.97 Å².